The van der Waals surface area contributed by atoms with E-state index in [4.69, 9.17) is 5.10 Å². The van der Waals surface area contributed by atoms with E-state index >= 15 is 0 Å². The van der Waals surface area contributed by atoms with E-state index in [0.717, 1.165) is 13.0 Å². The van der Waals surface area contributed by atoms with Gasteiger partial charge in [-0.3, -0.25) is 4.68 Å². The summed E-state index contributed by atoms with van der Waals surface area (Å²) >= 11 is 0. The lowest BCUT2D eigenvalue weighted by molar-refractivity contribution is 0.223. The van der Waals surface area contributed by atoms with Crippen molar-refractivity contribution in [1.29, 1.82) is 0 Å². The summed E-state index contributed by atoms with van der Waals surface area (Å²) in [6, 6.07) is 2.64. The van der Waals surface area contributed by atoms with Gasteiger partial charge in [0.15, 0.2) is 0 Å². The normalized spacial score (nSPS) is 24.9. The Morgan fingerprint density at radius 1 is 1.26 bits per heavy atom. The van der Waals surface area contributed by atoms with Gasteiger partial charge in [-0.1, -0.05) is 26.7 Å². The van der Waals surface area contributed by atoms with Gasteiger partial charge in [0.25, 0.3) is 0 Å². The Morgan fingerprint density at radius 2 is 2.05 bits per heavy atom. The minimum absolute atomic E-state index is 0.243. The molecule has 19 heavy (non-hydrogen) atoms. The molecule has 1 saturated heterocycles. The molecule has 1 aliphatic rings. The third-order valence-corrected chi connectivity index (χ3v) is 4.57. The zero-order valence-corrected chi connectivity index (χ0v) is 12.9. The summed E-state index contributed by atoms with van der Waals surface area (Å²) in [5, 5.41) is 8.57. The molecule has 3 nitrogen and oxygen atoms in total. The molecule has 1 fully saturated rings. The highest BCUT2D eigenvalue weighted by Crippen LogP contribution is 2.30. The minimum Gasteiger partial charge on any atom is -0.311 e. The van der Waals surface area contributed by atoms with Gasteiger partial charge in [0.2, 0.25) is 0 Å². The molecule has 108 valence electrons. The Morgan fingerprint density at radius 3 is 2.68 bits per heavy atom. The third-order valence-electron chi connectivity index (χ3n) is 4.57. The van der Waals surface area contributed by atoms with Gasteiger partial charge in [-0.25, -0.2) is 0 Å². The monoisotopic (exact) mass is 263 g/mol. The summed E-state index contributed by atoms with van der Waals surface area (Å²) < 4.78 is 2.07. The van der Waals surface area contributed by atoms with Crippen LogP contribution in [0.1, 0.15) is 65.1 Å². The van der Waals surface area contributed by atoms with Crippen LogP contribution in [0.5, 0.6) is 0 Å². The van der Waals surface area contributed by atoms with Crippen LogP contribution in [0.25, 0.3) is 0 Å². The maximum atomic E-state index is 4.74. The van der Waals surface area contributed by atoms with E-state index in [1.165, 1.54) is 31.4 Å². The molecule has 0 aliphatic carbocycles. The summed E-state index contributed by atoms with van der Waals surface area (Å²) in [5.41, 5.74) is 1.48. The summed E-state index contributed by atoms with van der Waals surface area (Å²) in [4.78, 5) is 0. The molecule has 0 aromatic carbocycles. The van der Waals surface area contributed by atoms with E-state index < -0.39 is 0 Å². The van der Waals surface area contributed by atoms with Crippen molar-refractivity contribution >= 4 is 0 Å². The van der Waals surface area contributed by atoms with Gasteiger partial charge >= 0.3 is 0 Å². The molecule has 1 N–H and O–H groups in total. The van der Waals surface area contributed by atoms with Crippen molar-refractivity contribution in [3.05, 3.63) is 18.0 Å². The van der Waals surface area contributed by atoms with Gasteiger partial charge in [-0.05, 0) is 45.2 Å². The van der Waals surface area contributed by atoms with Crippen LogP contribution in [-0.2, 0) is 6.42 Å². The molecule has 1 aliphatic heterocycles. The number of hydrogen-bond donors (Lipinski definition) is 1. The number of hydrogen-bond acceptors (Lipinski definition) is 2. The second-order valence-corrected chi connectivity index (χ2v) is 6.61. The van der Waals surface area contributed by atoms with Gasteiger partial charge in [-0.2, -0.15) is 5.10 Å². The van der Waals surface area contributed by atoms with Gasteiger partial charge in [0, 0.05) is 24.2 Å². The highest BCUT2D eigenvalue weighted by atomic mass is 15.3. The Balaban J connectivity index is 2.14. The van der Waals surface area contributed by atoms with Crippen molar-refractivity contribution in [3.63, 3.8) is 0 Å². The lowest BCUT2D eigenvalue weighted by Crippen LogP contribution is -2.51. The fourth-order valence-corrected chi connectivity index (χ4v) is 3.10. The summed E-state index contributed by atoms with van der Waals surface area (Å²) in [6.07, 6.45) is 8.47. The molecule has 0 spiro atoms. The second kappa shape index (κ2) is 6.08. The standard InChI is InChI=1S/C16H29N3/c1-13(2)16(9-6-5-7-10-17-16)12-15-8-11-19(18-15)14(3)4/h8,11,13-14,17H,5-7,9-10,12H2,1-4H3. The van der Waals surface area contributed by atoms with Gasteiger partial charge in [0.05, 0.1) is 5.69 Å². The topological polar surface area (TPSA) is 29.9 Å². The summed E-state index contributed by atoms with van der Waals surface area (Å²) in [7, 11) is 0. The predicted molar refractivity (Wildman–Crippen MR) is 80.4 cm³/mol. The average Bonchev–Trinajstić information content (AvgIpc) is 2.68. The van der Waals surface area contributed by atoms with E-state index in [9.17, 15) is 0 Å². The van der Waals surface area contributed by atoms with E-state index in [1.807, 2.05) is 0 Å². The fourth-order valence-electron chi connectivity index (χ4n) is 3.10. The third kappa shape index (κ3) is 3.38. The Hall–Kier alpha value is -0.830. The molecule has 1 aromatic rings. The lowest BCUT2D eigenvalue weighted by atomic mass is 9.79. The summed E-state index contributed by atoms with van der Waals surface area (Å²) in [5.74, 6) is 0.648. The fraction of sp³-hybridized carbons (Fsp3) is 0.812. The van der Waals surface area contributed by atoms with Crippen LogP contribution in [0.15, 0.2) is 12.3 Å². The van der Waals surface area contributed by atoms with Crippen molar-refractivity contribution in [3.8, 4) is 0 Å². The van der Waals surface area contributed by atoms with E-state index in [0.29, 0.717) is 12.0 Å². The Bertz CT molecular complexity index is 384. The highest BCUT2D eigenvalue weighted by molar-refractivity contribution is 5.08. The SMILES string of the molecule is CC(C)n1ccc(CC2(C(C)C)CCCCCN2)n1. The smallest absolute Gasteiger partial charge is 0.0643 e. The number of nitrogens with zero attached hydrogens (tertiary/aromatic N) is 2. The quantitative estimate of drug-likeness (QED) is 0.900. The Labute approximate surface area is 117 Å². The molecule has 2 heterocycles. The molecule has 1 unspecified atom stereocenters. The second-order valence-electron chi connectivity index (χ2n) is 6.61. The maximum Gasteiger partial charge on any atom is 0.0643 e. The van der Waals surface area contributed by atoms with E-state index in [-0.39, 0.29) is 5.54 Å². The van der Waals surface area contributed by atoms with Crippen molar-refractivity contribution < 1.29 is 0 Å². The van der Waals surface area contributed by atoms with Crippen LogP contribution in [0, 0.1) is 5.92 Å². The van der Waals surface area contributed by atoms with Gasteiger partial charge < -0.3 is 5.32 Å². The number of rotatable bonds is 4. The van der Waals surface area contributed by atoms with E-state index in [1.54, 1.807) is 0 Å². The van der Waals surface area contributed by atoms with Crippen molar-refractivity contribution in [2.75, 3.05) is 6.54 Å². The molecular formula is C16H29N3. The molecular weight excluding hydrogens is 234 g/mol. The lowest BCUT2D eigenvalue weighted by Gasteiger charge is -2.37. The number of aromatic nitrogens is 2. The first-order chi connectivity index (χ1) is 9.03. The van der Waals surface area contributed by atoms with E-state index in [2.05, 4.69) is 50.0 Å². The van der Waals surface area contributed by atoms with Crippen molar-refractivity contribution in [2.45, 2.75) is 71.4 Å². The maximum absolute atomic E-state index is 4.74. The zero-order chi connectivity index (χ0) is 13.9. The first kappa shape index (κ1) is 14.6. The first-order valence-electron chi connectivity index (χ1n) is 7.82. The molecule has 1 aromatic heterocycles. The minimum atomic E-state index is 0.243. The van der Waals surface area contributed by atoms with Crippen LogP contribution >= 0.6 is 0 Å². The van der Waals surface area contributed by atoms with Crippen molar-refractivity contribution in [2.24, 2.45) is 5.92 Å². The van der Waals surface area contributed by atoms with Crippen LogP contribution in [0.3, 0.4) is 0 Å². The molecule has 0 saturated carbocycles. The molecule has 0 radical (unpaired) electrons. The predicted octanol–water partition coefficient (Wildman–Crippen LogP) is 3.56. The molecule has 3 heteroatoms. The number of nitrogens with one attached hydrogen (secondary N) is 1. The summed E-state index contributed by atoms with van der Waals surface area (Å²) in [6.45, 7) is 10.2. The molecule has 2 rings (SSSR count). The first-order valence-corrected chi connectivity index (χ1v) is 7.82. The zero-order valence-electron chi connectivity index (χ0n) is 12.9. The van der Waals surface area contributed by atoms with Crippen LogP contribution < -0.4 is 5.32 Å². The molecule has 0 bridgehead atoms. The van der Waals surface area contributed by atoms with Gasteiger partial charge in [0.1, 0.15) is 0 Å². The molecule has 0 amide bonds. The largest absolute Gasteiger partial charge is 0.311 e. The van der Waals surface area contributed by atoms with Gasteiger partial charge in [-0.15, -0.1) is 0 Å². The average molecular weight is 263 g/mol. The van der Waals surface area contributed by atoms with Crippen LogP contribution in [-0.4, -0.2) is 21.9 Å². The van der Waals surface area contributed by atoms with Crippen molar-refractivity contribution in [1.82, 2.24) is 15.1 Å². The highest BCUT2D eigenvalue weighted by Gasteiger charge is 2.34. The molecule has 1 atom stereocenters. The van der Waals surface area contributed by atoms with Crippen LogP contribution in [0.4, 0.5) is 0 Å². The Kier molecular flexibility index (Phi) is 4.67. The van der Waals surface area contributed by atoms with Crippen LogP contribution in [0.2, 0.25) is 0 Å².